The molecule has 96 valence electrons. The molecule has 0 aliphatic carbocycles. The smallest absolute Gasteiger partial charge is 0.124 e. The zero-order valence-corrected chi connectivity index (χ0v) is 10.7. The summed E-state index contributed by atoms with van der Waals surface area (Å²) >= 11 is 0. The van der Waals surface area contributed by atoms with E-state index in [9.17, 15) is 4.39 Å². The lowest BCUT2D eigenvalue weighted by atomic mass is 10.1. The summed E-state index contributed by atoms with van der Waals surface area (Å²) < 4.78 is 18.9. The predicted octanol–water partition coefficient (Wildman–Crippen LogP) is 2.70. The number of rotatable bonds is 2. The Morgan fingerprint density at radius 2 is 2.28 bits per heavy atom. The number of ether oxygens (including phenoxy) is 1. The topological polar surface area (TPSA) is 36.3 Å². The first-order valence-electron chi connectivity index (χ1n) is 6.24. The lowest BCUT2D eigenvalue weighted by molar-refractivity contribution is -0.0172. The first-order chi connectivity index (χ1) is 8.63. The maximum Gasteiger partial charge on any atom is 0.124 e. The standard InChI is InChI=1S/C14H17FN2O/c1-3-13-9-17(8-10(2)18-13)14-5-4-12(15)6-11(14)7-16/h4-6,10,13H,3,8-9H2,1-2H3. The van der Waals surface area contributed by atoms with Crippen LogP contribution in [0.1, 0.15) is 25.8 Å². The number of nitriles is 1. The van der Waals surface area contributed by atoms with Crippen molar-refractivity contribution in [2.75, 3.05) is 18.0 Å². The highest BCUT2D eigenvalue weighted by molar-refractivity contribution is 5.59. The van der Waals surface area contributed by atoms with Crippen molar-refractivity contribution in [3.05, 3.63) is 29.6 Å². The van der Waals surface area contributed by atoms with Crippen molar-refractivity contribution in [2.24, 2.45) is 0 Å². The number of hydrogen-bond acceptors (Lipinski definition) is 3. The third-order valence-corrected chi connectivity index (χ3v) is 3.20. The molecule has 1 aromatic carbocycles. The molecule has 1 aliphatic rings. The SMILES string of the molecule is CCC1CN(c2ccc(F)cc2C#N)CC(C)O1. The van der Waals surface area contributed by atoms with E-state index in [1.807, 2.05) is 6.92 Å². The molecule has 2 atom stereocenters. The van der Waals surface area contributed by atoms with E-state index < -0.39 is 0 Å². The lowest BCUT2D eigenvalue weighted by Crippen LogP contribution is -2.46. The molecule has 1 heterocycles. The Labute approximate surface area is 107 Å². The lowest BCUT2D eigenvalue weighted by Gasteiger charge is -2.38. The van der Waals surface area contributed by atoms with Gasteiger partial charge in [-0.15, -0.1) is 0 Å². The van der Waals surface area contributed by atoms with Gasteiger partial charge in [-0.3, -0.25) is 0 Å². The molecule has 0 amide bonds. The van der Waals surface area contributed by atoms with Gasteiger partial charge in [-0.2, -0.15) is 5.26 Å². The van der Waals surface area contributed by atoms with E-state index in [2.05, 4.69) is 17.9 Å². The first-order valence-corrected chi connectivity index (χ1v) is 6.24. The van der Waals surface area contributed by atoms with Gasteiger partial charge in [0.2, 0.25) is 0 Å². The number of nitrogens with zero attached hydrogens (tertiary/aromatic N) is 2. The van der Waals surface area contributed by atoms with E-state index in [0.717, 1.165) is 25.2 Å². The van der Waals surface area contributed by atoms with Crippen LogP contribution in [-0.2, 0) is 4.74 Å². The fourth-order valence-electron chi connectivity index (χ4n) is 2.34. The monoisotopic (exact) mass is 248 g/mol. The predicted molar refractivity (Wildman–Crippen MR) is 68.0 cm³/mol. The second kappa shape index (κ2) is 5.36. The summed E-state index contributed by atoms with van der Waals surface area (Å²) in [6, 6.07) is 6.43. The average Bonchev–Trinajstić information content (AvgIpc) is 2.37. The third-order valence-electron chi connectivity index (χ3n) is 3.20. The van der Waals surface area contributed by atoms with Crippen LogP contribution in [0.5, 0.6) is 0 Å². The molecule has 1 aliphatic heterocycles. The molecule has 0 spiro atoms. The van der Waals surface area contributed by atoms with Gasteiger partial charge in [0, 0.05) is 13.1 Å². The number of benzene rings is 1. The molecule has 2 rings (SSSR count). The van der Waals surface area contributed by atoms with Crippen molar-refractivity contribution in [3.8, 4) is 6.07 Å². The van der Waals surface area contributed by atoms with Crippen LogP contribution in [-0.4, -0.2) is 25.3 Å². The molecule has 0 radical (unpaired) electrons. The molecular formula is C14H17FN2O. The van der Waals surface area contributed by atoms with Gasteiger partial charge in [-0.05, 0) is 31.5 Å². The molecule has 2 unspecified atom stereocenters. The van der Waals surface area contributed by atoms with Gasteiger partial charge in [-0.1, -0.05) is 6.92 Å². The number of hydrogen-bond donors (Lipinski definition) is 0. The van der Waals surface area contributed by atoms with Crippen molar-refractivity contribution in [3.63, 3.8) is 0 Å². The highest BCUT2D eigenvalue weighted by Crippen LogP contribution is 2.25. The quantitative estimate of drug-likeness (QED) is 0.807. The van der Waals surface area contributed by atoms with E-state index in [4.69, 9.17) is 10.00 Å². The summed E-state index contributed by atoms with van der Waals surface area (Å²) in [6.07, 6.45) is 1.23. The summed E-state index contributed by atoms with van der Waals surface area (Å²) in [5.74, 6) is -0.372. The summed E-state index contributed by atoms with van der Waals surface area (Å²) in [4.78, 5) is 2.11. The van der Waals surface area contributed by atoms with E-state index in [1.54, 1.807) is 6.07 Å². The molecule has 0 saturated carbocycles. The zero-order chi connectivity index (χ0) is 13.1. The van der Waals surface area contributed by atoms with Crippen molar-refractivity contribution < 1.29 is 9.13 Å². The Morgan fingerprint density at radius 3 is 2.94 bits per heavy atom. The largest absolute Gasteiger partial charge is 0.372 e. The average molecular weight is 248 g/mol. The molecule has 4 heteroatoms. The Hall–Kier alpha value is -1.60. The summed E-state index contributed by atoms with van der Waals surface area (Å²) in [5.41, 5.74) is 1.19. The summed E-state index contributed by atoms with van der Waals surface area (Å²) in [5, 5.41) is 9.09. The Bertz CT molecular complexity index is 469. The van der Waals surface area contributed by atoms with Gasteiger partial charge in [0.25, 0.3) is 0 Å². The first kappa shape index (κ1) is 12.8. The van der Waals surface area contributed by atoms with E-state index in [1.165, 1.54) is 12.1 Å². The molecule has 0 N–H and O–H groups in total. The fraction of sp³-hybridized carbons (Fsp3) is 0.500. The number of anilines is 1. The molecule has 1 aromatic rings. The molecule has 1 saturated heterocycles. The molecule has 0 bridgehead atoms. The van der Waals surface area contributed by atoms with Gasteiger partial charge < -0.3 is 9.64 Å². The van der Waals surface area contributed by atoms with Crippen LogP contribution < -0.4 is 4.90 Å². The minimum atomic E-state index is -0.372. The van der Waals surface area contributed by atoms with Crippen LogP contribution in [0.3, 0.4) is 0 Å². The second-order valence-corrected chi connectivity index (χ2v) is 4.66. The second-order valence-electron chi connectivity index (χ2n) is 4.66. The number of halogens is 1. The van der Waals surface area contributed by atoms with Gasteiger partial charge >= 0.3 is 0 Å². The van der Waals surface area contributed by atoms with Gasteiger partial charge in [0.1, 0.15) is 11.9 Å². The molecule has 18 heavy (non-hydrogen) atoms. The molecule has 3 nitrogen and oxygen atoms in total. The van der Waals surface area contributed by atoms with E-state index in [0.29, 0.717) is 5.56 Å². The van der Waals surface area contributed by atoms with Gasteiger partial charge in [0.15, 0.2) is 0 Å². The Balaban J connectivity index is 2.28. The summed E-state index contributed by atoms with van der Waals surface area (Å²) in [7, 11) is 0. The van der Waals surface area contributed by atoms with Gasteiger partial charge in [-0.25, -0.2) is 4.39 Å². The van der Waals surface area contributed by atoms with E-state index >= 15 is 0 Å². The highest BCUT2D eigenvalue weighted by Gasteiger charge is 2.25. The van der Waals surface area contributed by atoms with Crippen molar-refractivity contribution >= 4 is 5.69 Å². The minimum Gasteiger partial charge on any atom is -0.372 e. The van der Waals surface area contributed by atoms with Crippen LogP contribution in [0, 0.1) is 17.1 Å². The zero-order valence-electron chi connectivity index (χ0n) is 10.7. The third kappa shape index (κ3) is 2.62. The van der Waals surface area contributed by atoms with Crippen LogP contribution in [0.4, 0.5) is 10.1 Å². The maximum absolute atomic E-state index is 13.1. The van der Waals surface area contributed by atoms with Crippen LogP contribution >= 0.6 is 0 Å². The summed E-state index contributed by atoms with van der Waals surface area (Å²) in [6.45, 7) is 5.58. The maximum atomic E-state index is 13.1. The van der Waals surface area contributed by atoms with Crippen LogP contribution in [0.2, 0.25) is 0 Å². The van der Waals surface area contributed by atoms with Crippen LogP contribution in [0.25, 0.3) is 0 Å². The molecule has 0 aromatic heterocycles. The number of morpholine rings is 1. The highest BCUT2D eigenvalue weighted by atomic mass is 19.1. The van der Waals surface area contributed by atoms with Crippen molar-refractivity contribution in [1.82, 2.24) is 0 Å². The molecule has 1 fully saturated rings. The van der Waals surface area contributed by atoms with Gasteiger partial charge in [0.05, 0.1) is 23.5 Å². The van der Waals surface area contributed by atoms with Crippen molar-refractivity contribution in [1.29, 1.82) is 5.26 Å². The van der Waals surface area contributed by atoms with Crippen molar-refractivity contribution in [2.45, 2.75) is 32.5 Å². The Kier molecular flexibility index (Phi) is 3.83. The van der Waals surface area contributed by atoms with Crippen LogP contribution in [0.15, 0.2) is 18.2 Å². The normalized spacial score (nSPS) is 23.8. The fourth-order valence-corrected chi connectivity index (χ4v) is 2.34. The Morgan fingerprint density at radius 1 is 1.50 bits per heavy atom. The van der Waals surface area contributed by atoms with E-state index in [-0.39, 0.29) is 18.0 Å². The molecular weight excluding hydrogens is 231 g/mol. The minimum absolute atomic E-state index is 0.125.